The zero-order chi connectivity index (χ0) is 13.8. The fraction of sp³-hybridized carbons (Fsp3) is 0.417. The van der Waals surface area contributed by atoms with E-state index in [1.54, 1.807) is 39.3 Å². The summed E-state index contributed by atoms with van der Waals surface area (Å²) in [6, 6.07) is 5.27. The molecule has 0 aliphatic heterocycles. The molecule has 0 aliphatic carbocycles. The van der Waals surface area contributed by atoms with Gasteiger partial charge in [-0.3, -0.25) is 0 Å². The van der Waals surface area contributed by atoms with Gasteiger partial charge >= 0.3 is 0 Å². The molecule has 1 heterocycles. The largest absolute Gasteiger partial charge is 0.493 e. The van der Waals surface area contributed by atoms with Crippen LogP contribution in [0.2, 0.25) is 0 Å². The smallest absolute Gasteiger partial charge is 0.212 e. The van der Waals surface area contributed by atoms with Crippen LogP contribution in [0, 0.1) is 0 Å². The Hall–Kier alpha value is -2.15. The summed E-state index contributed by atoms with van der Waals surface area (Å²) in [7, 11) is 3.24. The highest BCUT2D eigenvalue weighted by Gasteiger charge is 2.10. The molecule has 102 valence electrons. The maximum Gasteiger partial charge on any atom is 0.212 e. The summed E-state index contributed by atoms with van der Waals surface area (Å²) in [5.74, 6) is 1.62. The molecule has 1 N–H and O–H groups in total. The van der Waals surface area contributed by atoms with E-state index >= 15 is 0 Å². The summed E-state index contributed by atoms with van der Waals surface area (Å²) < 4.78 is 10.8. The third-order valence-corrected chi connectivity index (χ3v) is 2.58. The van der Waals surface area contributed by atoms with Crippen molar-refractivity contribution in [2.24, 2.45) is 7.05 Å². The average molecular weight is 264 g/mol. The van der Waals surface area contributed by atoms with E-state index in [4.69, 9.17) is 9.47 Å². The van der Waals surface area contributed by atoms with Crippen LogP contribution in [0.3, 0.4) is 0 Å². The molecule has 19 heavy (non-hydrogen) atoms. The number of benzene rings is 1. The molecule has 0 bridgehead atoms. The number of tetrazole rings is 1. The predicted molar refractivity (Wildman–Crippen MR) is 66.8 cm³/mol. The first kappa shape index (κ1) is 13.3. The number of ether oxygens (including phenoxy) is 2. The monoisotopic (exact) mass is 264 g/mol. The fourth-order valence-corrected chi connectivity index (χ4v) is 1.59. The van der Waals surface area contributed by atoms with Gasteiger partial charge in [-0.25, -0.2) is 0 Å². The second-order valence-corrected chi connectivity index (χ2v) is 4.07. The Bertz CT molecular complexity index is 554. The van der Waals surface area contributed by atoms with Gasteiger partial charge in [-0.15, -0.1) is 10.2 Å². The van der Waals surface area contributed by atoms with E-state index < -0.39 is 6.10 Å². The Balaban J connectivity index is 2.11. The molecule has 7 nitrogen and oxygen atoms in total. The number of aromatic nitrogens is 4. The second kappa shape index (κ2) is 5.66. The van der Waals surface area contributed by atoms with Gasteiger partial charge in [0.2, 0.25) is 5.82 Å². The van der Waals surface area contributed by atoms with E-state index in [1.165, 1.54) is 4.80 Å². The summed E-state index contributed by atoms with van der Waals surface area (Å²) in [6.45, 7) is 1.90. The topological polar surface area (TPSA) is 82.3 Å². The molecule has 0 spiro atoms. The van der Waals surface area contributed by atoms with Gasteiger partial charge in [-0.1, -0.05) is 6.07 Å². The molecule has 1 unspecified atom stereocenters. The first-order valence-corrected chi connectivity index (χ1v) is 5.82. The van der Waals surface area contributed by atoms with Crippen LogP contribution < -0.4 is 9.47 Å². The molecule has 1 atom stereocenters. The van der Waals surface area contributed by atoms with E-state index in [2.05, 4.69) is 15.4 Å². The lowest BCUT2D eigenvalue weighted by atomic mass is 10.1. The molecule has 7 heteroatoms. The SMILES string of the molecule is COc1cc(C(C)O)ccc1OCc1nnn(C)n1. The molecule has 1 aromatic heterocycles. The quantitative estimate of drug-likeness (QED) is 0.862. The number of aliphatic hydroxyl groups excluding tert-OH is 1. The van der Waals surface area contributed by atoms with Crippen molar-refractivity contribution < 1.29 is 14.6 Å². The van der Waals surface area contributed by atoms with Crippen molar-refractivity contribution in [2.45, 2.75) is 19.6 Å². The van der Waals surface area contributed by atoms with Crippen LogP contribution in [0.15, 0.2) is 18.2 Å². The zero-order valence-corrected chi connectivity index (χ0v) is 11.1. The number of rotatable bonds is 5. The van der Waals surface area contributed by atoms with Gasteiger partial charge in [0.1, 0.15) is 0 Å². The molecular weight excluding hydrogens is 248 g/mol. The standard InChI is InChI=1S/C12H16N4O3/c1-8(17)9-4-5-10(11(6-9)18-3)19-7-12-13-15-16(2)14-12/h4-6,8,17H,7H2,1-3H3. The molecular formula is C12H16N4O3. The van der Waals surface area contributed by atoms with Gasteiger partial charge in [-0.05, 0) is 29.8 Å². The Kier molecular flexibility index (Phi) is 3.96. The van der Waals surface area contributed by atoms with Crippen molar-refractivity contribution in [3.63, 3.8) is 0 Å². The van der Waals surface area contributed by atoms with E-state index in [-0.39, 0.29) is 6.61 Å². The van der Waals surface area contributed by atoms with E-state index in [0.717, 1.165) is 5.56 Å². The van der Waals surface area contributed by atoms with Crippen molar-refractivity contribution in [2.75, 3.05) is 7.11 Å². The summed E-state index contributed by atoms with van der Waals surface area (Å²) in [4.78, 5) is 1.37. The van der Waals surface area contributed by atoms with Gasteiger partial charge < -0.3 is 14.6 Å². The van der Waals surface area contributed by atoms with Crippen LogP contribution in [-0.2, 0) is 13.7 Å². The first-order chi connectivity index (χ1) is 9.10. The van der Waals surface area contributed by atoms with Crippen LogP contribution in [0.1, 0.15) is 24.4 Å². The normalized spacial score (nSPS) is 12.2. The second-order valence-electron chi connectivity index (χ2n) is 4.07. The molecule has 0 saturated carbocycles. The third kappa shape index (κ3) is 3.19. The molecule has 0 saturated heterocycles. The number of hydrogen-bond donors (Lipinski definition) is 1. The lowest BCUT2D eigenvalue weighted by Crippen LogP contribution is -2.01. The number of methoxy groups -OCH3 is 1. The summed E-state index contributed by atoms with van der Waals surface area (Å²) >= 11 is 0. The minimum absolute atomic E-state index is 0.207. The summed E-state index contributed by atoms with van der Waals surface area (Å²) in [5, 5.41) is 21.1. The lowest BCUT2D eigenvalue weighted by molar-refractivity contribution is 0.198. The maximum atomic E-state index is 9.52. The minimum Gasteiger partial charge on any atom is -0.493 e. The van der Waals surface area contributed by atoms with Gasteiger partial charge in [0.25, 0.3) is 0 Å². The highest BCUT2D eigenvalue weighted by Crippen LogP contribution is 2.30. The van der Waals surface area contributed by atoms with Crippen LogP contribution in [0.25, 0.3) is 0 Å². The molecule has 0 amide bonds. The van der Waals surface area contributed by atoms with E-state index in [1.807, 2.05) is 0 Å². The minimum atomic E-state index is -0.551. The van der Waals surface area contributed by atoms with E-state index in [9.17, 15) is 5.11 Å². The van der Waals surface area contributed by atoms with Crippen molar-refractivity contribution in [1.29, 1.82) is 0 Å². The Labute approximate surface area is 110 Å². The highest BCUT2D eigenvalue weighted by atomic mass is 16.5. The zero-order valence-electron chi connectivity index (χ0n) is 11.1. The molecule has 0 aliphatic rings. The average Bonchev–Trinajstić information content (AvgIpc) is 2.81. The van der Waals surface area contributed by atoms with Crippen LogP contribution in [0.4, 0.5) is 0 Å². The van der Waals surface area contributed by atoms with Gasteiger partial charge in [0.15, 0.2) is 18.1 Å². The van der Waals surface area contributed by atoms with Crippen molar-refractivity contribution >= 4 is 0 Å². The van der Waals surface area contributed by atoms with E-state index in [0.29, 0.717) is 17.3 Å². The molecule has 0 radical (unpaired) electrons. The Morgan fingerprint density at radius 3 is 2.74 bits per heavy atom. The van der Waals surface area contributed by atoms with Gasteiger partial charge in [0.05, 0.1) is 20.3 Å². The van der Waals surface area contributed by atoms with Gasteiger partial charge in [-0.2, -0.15) is 4.80 Å². The molecule has 2 aromatic rings. The summed E-state index contributed by atoms with van der Waals surface area (Å²) in [5.41, 5.74) is 0.766. The number of aryl methyl sites for hydroxylation is 1. The number of nitrogens with zero attached hydrogens (tertiary/aromatic N) is 4. The van der Waals surface area contributed by atoms with Crippen LogP contribution in [-0.4, -0.2) is 32.4 Å². The number of aliphatic hydroxyl groups is 1. The molecule has 1 aromatic carbocycles. The van der Waals surface area contributed by atoms with Crippen molar-refractivity contribution in [3.05, 3.63) is 29.6 Å². The first-order valence-electron chi connectivity index (χ1n) is 5.82. The summed E-state index contributed by atoms with van der Waals surface area (Å²) in [6.07, 6.45) is -0.551. The van der Waals surface area contributed by atoms with Gasteiger partial charge in [0, 0.05) is 0 Å². The molecule has 0 fully saturated rings. The van der Waals surface area contributed by atoms with Crippen LogP contribution >= 0.6 is 0 Å². The highest BCUT2D eigenvalue weighted by molar-refractivity contribution is 5.43. The molecule has 2 rings (SSSR count). The third-order valence-electron chi connectivity index (χ3n) is 2.58. The van der Waals surface area contributed by atoms with Crippen LogP contribution in [0.5, 0.6) is 11.5 Å². The van der Waals surface area contributed by atoms with Crippen molar-refractivity contribution in [1.82, 2.24) is 20.2 Å². The Morgan fingerprint density at radius 2 is 2.16 bits per heavy atom. The lowest BCUT2D eigenvalue weighted by Gasteiger charge is -2.12. The number of hydrogen-bond acceptors (Lipinski definition) is 6. The predicted octanol–water partition coefficient (Wildman–Crippen LogP) is 0.851. The van der Waals surface area contributed by atoms with Crippen molar-refractivity contribution in [3.8, 4) is 11.5 Å². The fourth-order valence-electron chi connectivity index (χ4n) is 1.59. The Morgan fingerprint density at radius 1 is 1.37 bits per heavy atom. The maximum absolute atomic E-state index is 9.52.